The molecule has 1 amide bonds. The van der Waals surface area contributed by atoms with Gasteiger partial charge in [0, 0.05) is 6.54 Å². The molecule has 0 unspecified atom stereocenters. The molecule has 0 atom stereocenters. The Kier molecular flexibility index (Phi) is 3.08. The van der Waals surface area contributed by atoms with E-state index in [0.29, 0.717) is 12.5 Å². The molecule has 4 heteroatoms. The molecule has 0 radical (unpaired) electrons. The van der Waals surface area contributed by atoms with Crippen molar-refractivity contribution in [1.29, 1.82) is 0 Å². The molecule has 3 N–H and O–H groups in total. The number of carbonyl (C=O) groups is 1. The van der Waals surface area contributed by atoms with Gasteiger partial charge in [0.2, 0.25) is 0 Å². The van der Waals surface area contributed by atoms with Gasteiger partial charge in [0.15, 0.2) is 0 Å². The Morgan fingerprint density at radius 2 is 2.25 bits per heavy atom. The Labute approximate surface area is 93.8 Å². The average molecular weight is 222 g/mol. The van der Waals surface area contributed by atoms with Crippen LogP contribution < -0.4 is 11.1 Å². The van der Waals surface area contributed by atoms with Crippen molar-refractivity contribution in [1.82, 2.24) is 5.32 Å². The lowest BCUT2D eigenvalue weighted by Crippen LogP contribution is -2.32. The average Bonchev–Trinajstić information content (AvgIpc) is 2.19. The fourth-order valence-electron chi connectivity index (χ4n) is 1.76. The monoisotopic (exact) mass is 222 g/mol. The first-order valence-electron chi connectivity index (χ1n) is 5.50. The molecule has 1 saturated carbocycles. The van der Waals surface area contributed by atoms with Crippen molar-refractivity contribution >= 4 is 11.6 Å². The highest BCUT2D eigenvalue weighted by atomic mass is 19.1. The Bertz CT molecular complexity index is 402. The molecule has 16 heavy (non-hydrogen) atoms. The molecular weight excluding hydrogens is 207 g/mol. The largest absolute Gasteiger partial charge is 0.396 e. The predicted molar refractivity (Wildman–Crippen MR) is 60.5 cm³/mol. The number of hydrogen-bond donors (Lipinski definition) is 2. The van der Waals surface area contributed by atoms with E-state index >= 15 is 0 Å². The minimum absolute atomic E-state index is 0.0754. The van der Waals surface area contributed by atoms with Gasteiger partial charge in [-0.05, 0) is 30.9 Å². The van der Waals surface area contributed by atoms with E-state index in [9.17, 15) is 9.18 Å². The molecule has 1 aliphatic carbocycles. The van der Waals surface area contributed by atoms with E-state index in [0.717, 1.165) is 0 Å². The van der Waals surface area contributed by atoms with Gasteiger partial charge in [0.05, 0.1) is 11.3 Å². The zero-order valence-electron chi connectivity index (χ0n) is 9.00. The Morgan fingerprint density at radius 1 is 1.50 bits per heavy atom. The number of rotatable bonds is 3. The van der Waals surface area contributed by atoms with Crippen LogP contribution in [0.2, 0.25) is 0 Å². The van der Waals surface area contributed by atoms with Crippen molar-refractivity contribution in [3.05, 3.63) is 29.6 Å². The summed E-state index contributed by atoms with van der Waals surface area (Å²) in [5.41, 5.74) is 5.65. The molecule has 1 fully saturated rings. The van der Waals surface area contributed by atoms with E-state index in [1.165, 1.54) is 37.5 Å². The van der Waals surface area contributed by atoms with Gasteiger partial charge in [-0.2, -0.15) is 0 Å². The second-order valence-corrected chi connectivity index (χ2v) is 4.21. The summed E-state index contributed by atoms with van der Waals surface area (Å²) in [5, 5.41) is 2.78. The topological polar surface area (TPSA) is 55.1 Å². The highest BCUT2D eigenvalue weighted by molar-refractivity contribution is 5.99. The second kappa shape index (κ2) is 4.51. The van der Waals surface area contributed by atoms with Gasteiger partial charge in [-0.1, -0.05) is 12.5 Å². The third kappa shape index (κ3) is 2.15. The van der Waals surface area contributed by atoms with Crippen LogP contribution in [-0.4, -0.2) is 12.5 Å². The number of amides is 1. The predicted octanol–water partition coefficient (Wildman–Crippen LogP) is 1.94. The SMILES string of the molecule is Nc1c(F)cccc1C(=O)NCC1CCC1. The zero-order chi connectivity index (χ0) is 11.5. The third-order valence-corrected chi connectivity index (χ3v) is 3.07. The van der Waals surface area contributed by atoms with Crippen LogP contribution in [0.3, 0.4) is 0 Å². The standard InChI is InChI=1S/C12H15FN2O/c13-10-6-2-5-9(11(10)14)12(16)15-7-8-3-1-4-8/h2,5-6,8H,1,3-4,7,14H2,(H,15,16). The lowest BCUT2D eigenvalue weighted by molar-refractivity contribution is 0.0939. The highest BCUT2D eigenvalue weighted by Crippen LogP contribution is 2.25. The molecule has 86 valence electrons. The number of carbonyl (C=O) groups excluding carboxylic acids is 1. The number of anilines is 1. The summed E-state index contributed by atoms with van der Waals surface area (Å²) in [6, 6.07) is 4.27. The first kappa shape index (κ1) is 10.9. The van der Waals surface area contributed by atoms with Crippen molar-refractivity contribution in [3.63, 3.8) is 0 Å². The van der Waals surface area contributed by atoms with Crippen LogP contribution in [0.15, 0.2) is 18.2 Å². The van der Waals surface area contributed by atoms with Crippen LogP contribution in [-0.2, 0) is 0 Å². The molecule has 3 nitrogen and oxygen atoms in total. The molecule has 2 rings (SSSR count). The fraction of sp³-hybridized carbons (Fsp3) is 0.417. The maximum atomic E-state index is 13.1. The first-order chi connectivity index (χ1) is 7.68. The molecule has 0 heterocycles. The zero-order valence-corrected chi connectivity index (χ0v) is 9.00. The van der Waals surface area contributed by atoms with E-state index in [2.05, 4.69) is 5.32 Å². The van der Waals surface area contributed by atoms with Crippen molar-refractivity contribution in [2.24, 2.45) is 5.92 Å². The number of nitrogens with one attached hydrogen (secondary N) is 1. The van der Waals surface area contributed by atoms with Gasteiger partial charge in [-0.3, -0.25) is 4.79 Å². The molecule has 1 aromatic rings. The molecule has 0 spiro atoms. The smallest absolute Gasteiger partial charge is 0.253 e. The van der Waals surface area contributed by atoms with Gasteiger partial charge < -0.3 is 11.1 Å². The van der Waals surface area contributed by atoms with E-state index < -0.39 is 5.82 Å². The summed E-state index contributed by atoms with van der Waals surface area (Å²) in [5.74, 6) is -0.251. The van der Waals surface area contributed by atoms with Crippen molar-refractivity contribution in [2.45, 2.75) is 19.3 Å². The van der Waals surface area contributed by atoms with E-state index in [4.69, 9.17) is 5.73 Å². The van der Waals surface area contributed by atoms with Crippen LogP contribution in [0.4, 0.5) is 10.1 Å². The lowest BCUT2D eigenvalue weighted by Gasteiger charge is -2.25. The van der Waals surface area contributed by atoms with E-state index in [1.807, 2.05) is 0 Å². The van der Waals surface area contributed by atoms with Gasteiger partial charge in [0.25, 0.3) is 5.91 Å². The summed E-state index contributed by atoms with van der Waals surface area (Å²) >= 11 is 0. The Hall–Kier alpha value is -1.58. The maximum absolute atomic E-state index is 13.1. The Morgan fingerprint density at radius 3 is 2.88 bits per heavy atom. The normalized spacial score (nSPS) is 15.6. The van der Waals surface area contributed by atoms with Gasteiger partial charge in [-0.25, -0.2) is 4.39 Å². The minimum atomic E-state index is -0.545. The summed E-state index contributed by atoms with van der Waals surface area (Å²) in [6.45, 7) is 0.661. The molecule has 1 aromatic carbocycles. The fourth-order valence-corrected chi connectivity index (χ4v) is 1.76. The number of benzene rings is 1. The van der Waals surface area contributed by atoms with Gasteiger partial charge in [-0.15, -0.1) is 0 Å². The number of hydrogen-bond acceptors (Lipinski definition) is 2. The molecule has 0 aromatic heterocycles. The minimum Gasteiger partial charge on any atom is -0.396 e. The molecule has 0 saturated heterocycles. The highest BCUT2D eigenvalue weighted by Gasteiger charge is 2.19. The summed E-state index contributed by atoms with van der Waals surface area (Å²) < 4.78 is 13.1. The second-order valence-electron chi connectivity index (χ2n) is 4.21. The van der Waals surface area contributed by atoms with Crippen LogP contribution in [0.5, 0.6) is 0 Å². The quantitative estimate of drug-likeness (QED) is 0.768. The number of nitrogens with two attached hydrogens (primary N) is 1. The summed E-state index contributed by atoms with van der Waals surface area (Å²) in [6.07, 6.45) is 3.57. The number of halogens is 1. The van der Waals surface area contributed by atoms with Crippen LogP contribution in [0, 0.1) is 11.7 Å². The summed E-state index contributed by atoms with van der Waals surface area (Å²) in [4.78, 5) is 11.7. The van der Waals surface area contributed by atoms with Crippen LogP contribution >= 0.6 is 0 Å². The Balaban J connectivity index is 1.99. The lowest BCUT2D eigenvalue weighted by atomic mass is 9.85. The van der Waals surface area contributed by atoms with Crippen molar-refractivity contribution in [2.75, 3.05) is 12.3 Å². The van der Waals surface area contributed by atoms with Crippen molar-refractivity contribution < 1.29 is 9.18 Å². The van der Waals surface area contributed by atoms with Crippen LogP contribution in [0.25, 0.3) is 0 Å². The van der Waals surface area contributed by atoms with Crippen LogP contribution in [0.1, 0.15) is 29.6 Å². The van der Waals surface area contributed by atoms with Crippen molar-refractivity contribution in [3.8, 4) is 0 Å². The molecule has 0 aliphatic heterocycles. The molecular formula is C12H15FN2O. The molecule has 1 aliphatic rings. The molecule has 0 bridgehead atoms. The first-order valence-corrected chi connectivity index (χ1v) is 5.50. The number of nitrogen functional groups attached to an aromatic ring is 1. The van der Waals surface area contributed by atoms with Gasteiger partial charge >= 0.3 is 0 Å². The van der Waals surface area contributed by atoms with E-state index in [-0.39, 0.29) is 17.2 Å². The number of para-hydroxylation sites is 1. The maximum Gasteiger partial charge on any atom is 0.253 e. The summed E-state index contributed by atoms with van der Waals surface area (Å²) in [7, 11) is 0. The van der Waals surface area contributed by atoms with E-state index in [1.54, 1.807) is 0 Å². The third-order valence-electron chi connectivity index (χ3n) is 3.07. The van der Waals surface area contributed by atoms with Gasteiger partial charge in [0.1, 0.15) is 5.82 Å².